The summed E-state index contributed by atoms with van der Waals surface area (Å²) < 4.78 is 46.0. The zero-order chi connectivity index (χ0) is 18.4. The molecule has 0 spiro atoms. The zero-order valence-electron chi connectivity index (χ0n) is 12.9. The molecule has 2 aromatic carbocycles. The molecule has 0 fully saturated rings. The van der Waals surface area contributed by atoms with Crippen LogP contribution in [0.25, 0.3) is 0 Å². The maximum Gasteiger partial charge on any atom is 0.327 e. The summed E-state index contributed by atoms with van der Waals surface area (Å²) in [6.45, 7) is 0. The molecule has 2 N–H and O–H groups in total. The van der Waals surface area contributed by atoms with Crippen LogP contribution in [0.15, 0.2) is 47.4 Å². The summed E-state index contributed by atoms with van der Waals surface area (Å²) in [6.07, 6.45) is 0. The molecular formula is C16H13ClFNO5S. The predicted octanol–water partition coefficient (Wildman–Crippen LogP) is 1.55. The molecule has 6 nitrogen and oxygen atoms in total. The minimum absolute atomic E-state index is 0.120. The van der Waals surface area contributed by atoms with E-state index in [9.17, 15) is 22.7 Å². The predicted molar refractivity (Wildman–Crippen MR) is 87.0 cm³/mol. The second-order valence-corrected chi connectivity index (χ2v) is 7.58. The first-order valence-electron chi connectivity index (χ1n) is 7.09. The molecule has 132 valence electrons. The summed E-state index contributed by atoms with van der Waals surface area (Å²) in [6, 6.07) is 7.12. The fourth-order valence-corrected chi connectivity index (χ4v) is 4.53. The van der Waals surface area contributed by atoms with Gasteiger partial charge in [0.1, 0.15) is 11.4 Å². The van der Waals surface area contributed by atoms with Gasteiger partial charge in [0.05, 0.1) is 12.0 Å². The Labute approximate surface area is 148 Å². The van der Waals surface area contributed by atoms with Crippen LogP contribution in [0.1, 0.15) is 11.1 Å². The molecule has 0 unspecified atom stereocenters. The number of carbonyl (C=O) groups excluding carboxylic acids is 1. The molecule has 0 amide bonds. The van der Waals surface area contributed by atoms with Crippen LogP contribution in [0.2, 0.25) is 5.02 Å². The molecule has 3 rings (SSSR count). The number of hydrogen-bond acceptors (Lipinski definition) is 5. The number of aliphatic hydroxyl groups is 1. The van der Waals surface area contributed by atoms with Crippen molar-refractivity contribution < 1.29 is 27.4 Å². The Balaban J connectivity index is 2.41. The Morgan fingerprint density at radius 2 is 1.96 bits per heavy atom. The summed E-state index contributed by atoms with van der Waals surface area (Å²) in [7, 11) is -3.11. The molecule has 0 aliphatic carbocycles. The van der Waals surface area contributed by atoms with Crippen molar-refractivity contribution in [2.24, 2.45) is 0 Å². The van der Waals surface area contributed by atoms with Crippen LogP contribution >= 0.6 is 11.6 Å². The molecule has 25 heavy (non-hydrogen) atoms. The number of benzene rings is 2. The van der Waals surface area contributed by atoms with E-state index in [2.05, 4.69) is 9.46 Å². The zero-order valence-corrected chi connectivity index (χ0v) is 14.4. The van der Waals surface area contributed by atoms with Gasteiger partial charge in [-0.15, -0.1) is 0 Å². The van der Waals surface area contributed by atoms with Crippen LogP contribution in [0.5, 0.6) is 0 Å². The second kappa shape index (κ2) is 6.06. The summed E-state index contributed by atoms with van der Waals surface area (Å²) >= 11 is 5.95. The highest BCUT2D eigenvalue weighted by molar-refractivity contribution is 7.89. The van der Waals surface area contributed by atoms with E-state index in [1.807, 2.05) is 0 Å². The fourth-order valence-electron chi connectivity index (χ4n) is 2.90. The van der Waals surface area contributed by atoms with Gasteiger partial charge in [0.25, 0.3) is 0 Å². The summed E-state index contributed by atoms with van der Waals surface area (Å²) in [5.74, 6) is -1.88. The maximum atomic E-state index is 14.4. The van der Waals surface area contributed by atoms with Crippen LogP contribution < -0.4 is 4.72 Å². The monoisotopic (exact) mass is 385 g/mol. The maximum absolute atomic E-state index is 14.4. The van der Waals surface area contributed by atoms with Crippen molar-refractivity contribution in [3.8, 4) is 0 Å². The average Bonchev–Trinajstić information content (AvgIpc) is 2.57. The number of methoxy groups -OCH3 is 1. The lowest BCUT2D eigenvalue weighted by molar-refractivity contribution is -0.149. The molecule has 2 aromatic rings. The van der Waals surface area contributed by atoms with Gasteiger partial charge in [0.2, 0.25) is 10.0 Å². The van der Waals surface area contributed by atoms with E-state index in [4.69, 9.17) is 11.6 Å². The number of nitrogens with one attached hydrogen (secondary N) is 1. The SMILES string of the molecule is COC(=O)[C@H]1NS(=O)(=O)c2ccc(Cl)cc2[C@]1(O)c1ccccc1F. The van der Waals surface area contributed by atoms with Crippen LogP contribution in [0, 0.1) is 5.82 Å². The first-order valence-corrected chi connectivity index (χ1v) is 8.95. The summed E-state index contributed by atoms with van der Waals surface area (Å²) in [5.41, 5.74) is -2.83. The van der Waals surface area contributed by atoms with Crippen LogP contribution in [-0.2, 0) is 25.2 Å². The van der Waals surface area contributed by atoms with Gasteiger partial charge in [-0.25, -0.2) is 12.8 Å². The smallest absolute Gasteiger partial charge is 0.327 e. The van der Waals surface area contributed by atoms with Gasteiger partial charge < -0.3 is 9.84 Å². The minimum Gasteiger partial charge on any atom is -0.468 e. The van der Waals surface area contributed by atoms with E-state index in [-0.39, 0.29) is 21.0 Å². The lowest BCUT2D eigenvalue weighted by atomic mass is 9.80. The van der Waals surface area contributed by atoms with E-state index in [0.29, 0.717) is 0 Å². The van der Waals surface area contributed by atoms with Crippen LogP contribution in [-0.4, -0.2) is 32.6 Å². The Hall–Kier alpha value is -2.00. The van der Waals surface area contributed by atoms with Crippen molar-refractivity contribution >= 4 is 27.6 Å². The van der Waals surface area contributed by atoms with E-state index in [1.165, 1.54) is 36.4 Å². The van der Waals surface area contributed by atoms with Gasteiger partial charge in [0.15, 0.2) is 6.04 Å². The van der Waals surface area contributed by atoms with Gasteiger partial charge in [-0.2, -0.15) is 4.72 Å². The van der Waals surface area contributed by atoms with Crippen molar-refractivity contribution in [3.63, 3.8) is 0 Å². The molecule has 0 radical (unpaired) electrons. The highest BCUT2D eigenvalue weighted by Gasteiger charge is 2.54. The van der Waals surface area contributed by atoms with E-state index < -0.39 is 33.5 Å². The molecule has 2 atom stereocenters. The molecular weight excluding hydrogens is 373 g/mol. The van der Waals surface area contributed by atoms with Crippen LogP contribution in [0.3, 0.4) is 0 Å². The molecule has 0 aromatic heterocycles. The minimum atomic E-state index is -4.15. The third kappa shape index (κ3) is 2.71. The van der Waals surface area contributed by atoms with Crippen molar-refractivity contribution in [2.75, 3.05) is 7.11 Å². The lowest BCUT2D eigenvalue weighted by Crippen LogP contribution is -2.60. The number of sulfonamides is 1. The molecule has 0 bridgehead atoms. The van der Waals surface area contributed by atoms with Gasteiger partial charge in [0, 0.05) is 16.1 Å². The van der Waals surface area contributed by atoms with E-state index in [1.54, 1.807) is 0 Å². The number of carbonyl (C=O) groups is 1. The molecule has 0 saturated heterocycles. The highest BCUT2D eigenvalue weighted by atomic mass is 35.5. The largest absolute Gasteiger partial charge is 0.468 e. The van der Waals surface area contributed by atoms with Gasteiger partial charge >= 0.3 is 5.97 Å². The highest BCUT2D eigenvalue weighted by Crippen LogP contribution is 2.42. The van der Waals surface area contributed by atoms with Crippen molar-refractivity contribution in [1.29, 1.82) is 0 Å². The van der Waals surface area contributed by atoms with E-state index in [0.717, 1.165) is 13.2 Å². The van der Waals surface area contributed by atoms with Gasteiger partial charge in [-0.1, -0.05) is 29.8 Å². The molecule has 1 aliphatic heterocycles. The Kier molecular flexibility index (Phi) is 4.32. The second-order valence-electron chi connectivity index (χ2n) is 5.46. The average molecular weight is 386 g/mol. The standard InChI is InChI=1S/C16H13ClFNO5S/c1-24-15(20)14-16(21,10-4-2-3-5-12(10)18)11-8-9(17)6-7-13(11)25(22,23)19-14/h2-8,14,19,21H,1H3/t14-,16-/m1/s1. The first-order chi connectivity index (χ1) is 11.7. The van der Waals surface area contributed by atoms with Gasteiger partial charge in [-0.3, -0.25) is 4.79 Å². The number of fused-ring (bicyclic) bond motifs is 1. The summed E-state index contributed by atoms with van der Waals surface area (Å²) in [4.78, 5) is 11.9. The molecule has 9 heteroatoms. The Bertz CT molecular complexity index is 965. The number of ether oxygens (including phenoxy) is 1. The van der Waals surface area contributed by atoms with Crippen LogP contribution in [0.4, 0.5) is 4.39 Å². The quantitative estimate of drug-likeness (QED) is 0.765. The number of halogens is 2. The third-order valence-corrected chi connectivity index (χ3v) is 5.77. The van der Waals surface area contributed by atoms with E-state index >= 15 is 0 Å². The third-order valence-electron chi connectivity index (χ3n) is 4.05. The first kappa shape index (κ1) is 17.8. The van der Waals surface area contributed by atoms with Gasteiger partial charge in [-0.05, 0) is 24.3 Å². The number of hydrogen-bond donors (Lipinski definition) is 2. The Morgan fingerprint density at radius 1 is 1.28 bits per heavy atom. The number of rotatable bonds is 2. The normalized spacial score (nSPS) is 24.4. The fraction of sp³-hybridized carbons (Fsp3) is 0.188. The van der Waals surface area contributed by atoms with Crippen molar-refractivity contribution in [1.82, 2.24) is 4.72 Å². The number of esters is 1. The Morgan fingerprint density at radius 3 is 2.60 bits per heavy atom. The lowest BCUT2D eigenvalue weighted by Gasteiger charge is -2.40. The summed E-state index contributed by atoms with van der Waals surface area (Å²) in [5, 5.41) is 11.5. The van der Waals surface area contributed by atoms with Crippen molar-refractivity contribution in [3.05, 3.63) is 64.4 Å². The molecule has 1 heterocycles. The van der Waals surface area contributed by atoms with Crippen molar-refractivity contribution in [2.45, 2.75) is 16.5 Å². The molecule has 0 saturated carbocycles. The molecule has 1 aliphatic rings. The topological polar surface area (TPSA) is 92.7 Å².